The summed E-state index contributed by atoms with van der Waals surface area (Å²) in [7, 11) is 0. The largest absolute Gasteiger partial charge is 0.493 e. The number of aromatic nitrogens is 1. The molecular weight excluding hydrogens is 502 g/mol. The van der Waals surface area contributed by atoms with Gasteiger partial charge in [-0.05, 0) is 88.2 Å². The number of carbonyl (C=O) groups excluding carboxylic acids is 2. The molecule has 7 heteroatoms. The van der Waals surface area contributed by atoms with Gasteiger partial charge in [-0.2, -0.15) is 0 Å². The Hall–Kier alpha value is -4.65. The molecule has 0 unspecified atom stereocenters. The Bertz CT molecular complexity index is 1470. The van der Waals surface area contributed by atoms with Gasteiger partial charge in [0.25, 0.3) is 5.91 Å². The fourth-order valence-electron chi connectivity index (χ4n) is 4.03. The van der Waals surface area contributed by atoms with E-state index in [4.69, 9.17) is 9.47 Å². The van der Waals surface area contributed by atoms with Gasteiger partial charge in [0.1, 0.15) is 17.2 Å². The van der Waals surface area contributed by atoms with E-state index < -0.39 is 11.7 Å². The van der Waals surface area contributed by atoms with Gasteiger partial charge in [-0.3, -0.25) is 10.1 Å². The number of rotatable bonds is 8. The molecule has 2 amide bonds. The van der Waals surface area contributed by atoms with Gasteiger partial charge < -0.3 is 14.8 Å². The molecular formula is C33H35N3O4. The zero-order chi connectivity index (χ0) is 28.7. The molecule has 0 aliphatic carbocycles. The van der Waals surface area contributed by atoms with Crippen molar-refractivity contribution in [2.75, 3.05) is 17.2 Å². The second kappa shape index (κ2) is 12.5. The van der Waals surface area contributed by atoms with E-state index in [9.17, 15) is 9.59 Å². The zero-order valence-electron chi connectivity index (χ0n) is 23.6. The average molecular weight is 538 g/mol. The summed E-state index contributed by atoms with van der Waals surface area (Å²) in [6.45, 7) is 9.88. The van der Waals surface area contributed by atoms with E-state index in [1.165, 1.54) is 5.56 Å². The van der Waals surface area contributed by atoms with Crippen LogP contribution in [0.2, 0.25) is 0 Å². The highest BCUT2D eigenvalue weighted by molar-refractivity contribution is 6.08. The third kappa shape index (κ3) is 8.17. The van der Waals surface area contributed by atoms with Crippen LogP contribution in [0.25, 0.3) is 11.1 Å². The molecule has 2 N–H and O–H groups in total. The van der Waals surface area contributed by atoms with Crippen LogP contribution in [0.15, 0.2) is 84.9 Å². The molecule has 0 bridgehead atoms. The van der Waals surface area contributed by atoms with Crippen LogP contribution in [0.5, 0.6) is 5.75 Å². The van der Waals surface area contributed by atoms with E-state index in [1.54, 1.807) is 26.8 Å². The van der Waals surface area contributed by atoms with E-state index >= 15 is 0 Å². The molecule has 7 nitrogen and oxygen atoms in total. The van der Waals surface area contributed by atoms with Crippen molar-refractivity contribution < 1.29 is 19.1 Å². The van der Waals surface area contributed by atoms with E-state index in [1.807, 2.05) is 92.7 Å². The lowest BCUT2D eigenvalue weighted by atomic mass is 9.96. The van der Waals surface area contributed by atoms with Crippen LogP contribution in [-0.2, 0) is 11.2 Å². The van der Waals surface area contributed by atoms with Crippen LogP contribution in [0.4, 0.5) is 16.3 Å². The minimum Gasteiger partial charge on any atom is -0.493 e. The Morgan fingerprint density at radius 1 is 0.825 bits per heavy atom. The summed E-state index contributed by atoms with van der Waals surface area (Å²) < 4.78 is 11.1. The molecule has 0 saturated carbocycles. The van der Waals surface area contributed by atoms with Gasteiger partial charge in [0.2, 0.25) is 0 Å². The Balaban J connectivity index is 1.32. The summed E-state index contributed by atoms with van der Waals surface area (Å²) in [5.41, 5.74) is 5.65. The van der Waals surface area contributed by atoms with Crippen molar-refractivity contribution in [2.24, 2.45) is 0 Å². The minimum absolute atomic E-state index is 0.171. The number of ether oxygens (including phenoxy) is 2. The number of nitrogens with one attached hydrogen (secondary N) is 2. The Morgan fingerprint density at radius 3 is 2.23 bits per heavy atom. The molecule has 0 radical (unpaired) electrons. The van der Waals surface area contributed by atoms with Crippen molar-refractivity contribution >= 4 is 23.5 Å². The van der Waals surface area contributed by atoms with Crippen molar-refractivity contribution in [2.45, 2.75) is 46.6 Å². The first-order valence-electron chi connectivity index (χ1n) is 13.2. The third-order valence-corrected chi connectivity index (χ3v) is 5.96. The number of benzene rings is 3. The van der Waals surface area contributed by atoms with Crippen molar-refractivity contribution in [1.29, 1.82) is 0 Å². The minimum atomic E-state index is -0.584. The monoisotopic (exact) mass is 537 g/mol. The van der Waals surface area contributed by atoms with E-state index in [0.717, 1.165) is 22.4 Å². The van der Waals surface area contributed by atoms with Crippen molar-refractivity contribution in [3.8, 4) is 16.9 Å². The molecule has 0 fully saturated rings. The molecule has 3 aromatic carbocycles. The summed E-state index contributed by atoms with van der Waals surface area (Å²) in [6.07, 6.45) is 0.00620. The van der Waals surface area contributed by atoms with Crippen LogP contribution in [0.1, 0.15) is 48.0 Å². The van der Waals surface area contributed by atoms with Crippen molar-refractivity contribution in [3.05, 3.63) is 107 Å². The summed E-state index contributed by atoms with van der Waals surface area (Å²) >= 11 is 0. The molecule has 4 rings (SSSR count). The second-order valence-corrected chi connectivity index (χ2v) is 10.6. The first-order chi connectivity index (χ1) is 19.1. The predicted octanol–water partition coefficient (Wildman–Crippen LogP) is 7.59. The normalized spacial score (nSPS) is 11.0. The van der Waals surface area contributed by atoms with Gasteiger partial charge in [-0.1, -0.05) is 53.6 Å². The quantitative estimate of drug-likeness (QED) is 0.242. The Kier molecular flexibility index (Phi) is 8.84. The fraction of sp³-hybridized carbons (Fsp3) is 0.242. The maximum absolute atomic E-state index is 13.2. The lowest BCUT2D eigenvalue weighted by Gasteiger charge is -2.19. The van der Waals surface area contributed by atoms with Gasteiger partial charge in [-0.25, -0.2) is 9.78 Å². The molecule has 206 valence electrons. The van der Waals surface area contributed by atoms with Gasteiger partial charge >= 0.3 is 6.09 Å². The maximum Gasteiger partial charge on any atom is 0.413 e. The van der Waals surface area contributed by atoms with Gasteiger partial charge in [0.15, 0.2) is 0 Å². The van der Waals surface area contributed by atoms with Gasteiger partial charge in [0.05, 0.1) is 6.61 Å². The summed E-state index contributed by atoms with van der Waals surface area (Å²) in [6, 6.07) is 26.7. The zero-order valence-corrected chi connectivity index (χ0v) is 23.6. The van der Waals surface area contributed by atoms with Crippen LogP contribution in [0.3, 0.4) is 0 Å². The summed E-state index contributed by atoms with van der Waals surface area (Å²) in [5, 5.41) is 5.65. The third-order valence-electron chi connectivity index (χ3n) is 5.96. The van der Waals surface area contributed by atoms with Crippen LogP contribution in [0, 0.1) is 13.8 Å². The standard InChI is InChI=1S/C33H35N3O4/c1-22-9-12-24(13-10-22)29-21-23(2)11-18-28(29)31(37)35-26-14-16-27(17-15-26)39-20-19-25-7-6-8-30(34-25)36-32(38)40-33(3,4)5/h6-18,21H,19-20H2,1-5H3,(H,35,37)(H,34,36,38). The molecule has 0 aliphatic heterocycles. The number of anilines is 2. The van der Waals surface area contributed by atoms with E-state index in [0.29, 0.717) is 35.8 Å². The summed E-state index contributed by atoms with van der Waals surface area (Å²) in [5.74, 6) is 0.929. The lowest BCUT2D eigenvalue weighted by Crippen LogP contribution is -2.27. The fourth-order valence-corrected chi connectivity index (χ4v) is 4.03. The smallest absolute Gasteiger partial charge is 0.413 e. The molecule has 1 heterocycles. The van der Waals surface area contributed by atoms with E-state index in [2.05, 4.69) is 15.6 Å². The molecule has 0 saturated heterocycles. The van der Waals surface area contributed by atoms with Gasteiger partial charge in [0, 0.05) is 23.4 Å². The number of amides is 2. The number of hydrogen-bond donors (Lipinski definition) is 2. The SMILES string of the molecule is Cc1ccc(-c2cc(C)ccc2C(=O)Nc2ccc(OCCc3cccc(NC(=O)OC(C)(C)C)n3)cc2)cc1. The Morgan fingerprint density at radius 2 is 1.52 bits per heavy atom. The first-order valence-corrected chi connectivity index (χ1v) is 13.2. The highest BCUT2D eigenvalue weighted by Gasteiger charge is 2.17. The first kappa shape index (κ1) is 28.4. The van der Waals surface area contributed by atoms with Gasteiger partial charge in [-0.15, -0.1) is 0 Å². The molecule has 40 heavy (non-hydrogen) atoms. The molecule has 0 aliphatic rings. The molecule has 0 atom stereocenters. The lowest BCUT2D eigenvalue weighted by molar-refractivity contribution is 0.0635. The number of nitrogens with zero attached hydrogens (tertiary/aromatic N) is 1. The average Bonchev–Trinajstić information content (AvgIpc) is 2.89. The molecule has 1 aromatic heterocycles. The number of hydrogen-bond acceptors (Lipinski definition) is 5. The predicted molar refractivity (Wildman–Crippen MR) is 159 cm³/mol. The van der Waals surface area contributed by atoms with Crippen LogP contribution >= 0.6 is 0 Å². The van der Waals surface area contributed by atoms with Crippen LogP contribution < -0.4 is 15.4 Å². The maximum atomic E-state index is 13.2. The highest BCUT2D eigenvalue weighted by atomic mass is 16.6. The van der Waals surface area contributed by atoms with Crippen molar-refractivity contribution in [1.82, 2.24) is 4.98 Å². The second-order valence-electron chi connectivity index (χ2n) is 10.6. The van der Waals surface area contributed by atoms with E-state index in [-0.39, 0.29) is 5.91 Å². The number of aryl methyl sites for hydroxylation is 2. The number of pyridine rings is 1. The van der Waals surface area contributed by atoms with Crippen molar-refractivity contribution in [3.63, 3.8) is 0 Å². The van der Waals surface area contributed by atoms with Crippen LogP contribution in [-0.4, -0.2) is 29.2 Å². The summed E-state index contributed by atoms with van der Waals surface area (Å²) in [4.78, 5) is 29.6. The molecule has 4 aromatic rings. The Labute approximate surface area is 235 Å². The highest BCUT2D eigenvalue weighted by Crippen LogP contribution is 2.27. The topological polar surface area (TPSA) is 89.6 Å². The number of carbonyl (C=O) groups is 2. The molecule has 0 spiro atoms.